The quantitative estimate of drug-likeness (QED) is 0.560. The number of nitrogens with one attached hydrogen (secondary N) is 1. The average molecular weight is 325 g/mol. The molecule has 1 heterocycles. The molecule has 2 rings (SSSR count). The first-order valence-electron chi connectivity index (χ1n) is 6.46. The highest BCUT2D eigenvalue weighted by Crippen LogP contribution is 2.23. The lowest BCUT2D eigenvalue weighted by Crippen LogP contribution is -2.20. The van der Waals surface area contributed by atoms with Crippen LogP contribution in [0.25, 0.3) is 0 Å². The Hall–Kier alpha value is -1.50. The normalized spacial score (nSPS) is 12.1. The highest BCUT2D eigenvalue weighted by Gasteiger charge is 2.07. The number of nitrogens with two attached hydrogens (primary N) is 1. The van der Waals surface area contributed by atoms with Gasteiger partial charge in [0.15, 0.2) is 5.16 Å². The number of halogens is 1. The van der Waals surface area contributed by atoms with Gasteiger partial charge in [0.1, 0.15) is 11.6 Å². The van der Waals surface area contributed by atoms with E-state index < -0.39 is 0 Å². The molecule has 0 saturated carbocycles. The van der Waals surface area contributed by atoms with E-state index >= 15 is 0 Å². The first-order valence-corrected chi connectivity index (χ1v) is 7.82. The largest absolute Gasteiger partial charge is 0.394 e. The molecule has 0 spiro atoms. The molecule has 1 aromatic heterocycles. The fourth-order valence-corrected chi connectivity index (χ4v) is 2.68. The molecule has 0 unspecified atom stereocenters. The number of aliphatic hydroxyl groups excluding tert-OH is 1. The minimum Gasteiger partial charge on any atom is -0.394 e. The van der Waals surface area contributed by atoms with Crippen molar-refractivity contribution in [2.24, 2.45) is 0 Å². The van der Waals surface area contributed by atoms with Gasteiger partial charge in [0, 0.05) is 22.9 Å². The van der Waals surface area contributed by atoms with Crippen LogP contribution < -0.4 is 11.1 Å². The lowest BCUT2D eigenvalue weighted by Gasteiger charge is -2.12. The van der Waals surface area contributed by atoms with Crippen LogP contribution in [0.3, 0.4) is 0 Å². The Bertz CT molecular complexity index is 611. The third-order valence-corrected chi connectivity index (χ3v) is 3.80. The van der Waals surface area contributed by atoms with Crippen molar-refractivity contribution < 1.29 is 5.11 Å². The summed E-state index contributed by atoms with van der Waals surface area (Å²) in [6.07, 6.45) is 0. The summed E-state index contributed by atoms with van der Waals surface area (Å²) in [6.45, 7) is 1.88. The monoisotopic (exact) mass is 324 g/mol. The second-order valence-electron chi connectivity index (χ2n) is 4.61. The summed E-state index contributed by atoms with van der Waals surface area (Å²) in [5.74, 6) is 1.71. The van der Waals surface area contributed by atoms with Crippen molar-refractivity contribution in [2.75, 3.05) is 17.7 Å². The molecule has 2 aromatic rings. The van der Waals surface area contributed by atoms with E-state index in [-0.39, 0.29) is 12.6 Å². The van der Waals surface area contributed by atoms with E-state index in [4.69, 9.17) is 22.4 Å². The zero-order valence-corrected chi connectivity index (χ0v) is 13.2. The smallest absolute Gasteiger partial charge is 0.191 e. The summed E-state index contributed by atoms with van der Waals surface area (Å²) in [6, 6.07) is 9.21. The van der Waals surface area contributed by atoms with Gasteiger partial charge in [-0.3, -0.25) is 0 Å². The van der Waals surface area contributed by atoms with Crippen LogP contribution in [-0.4, -0.2) is 27.7 Å². The maximum Gasteiger partial charge on any atom is 0.191 e. The zero-order chi connectivity index (χ0) is 15.2. The van der Waals surface area contributed by atoms with E-state index in [0.717, 1.165) is 5.56 Å². The van der Waals surface area contributed by atoms with E-state index in [1.165, 1.54) is 11.8 Å². The summed E-state index contributed by atoms with van der Waals surface area (Å²) in [5.41, 5.74) is 6.88. The molecule has 1 aromatic carbocycles. The number of rotatable bonds is 6. The molecule has 0 aliphatic rings. The van der Waals surface area contributed by atoms with Gasteiger partial charge in [0.2, 0.25) is 0 Å². The van der Waals surface area contributed by atoms with Gasteiger partial charge >= 0.3 is 0 Å². The third-order valence-electron chi connectivity index (χ3n) is 2.65. The fourth-order valence-electron chi connectivity index (χ4n) is 1.65. The van der Waals surface area contributed by atoms with E-state index in [9.17, 15) is 0 Å². The van der Waals surface area contributed by atoms with Crippen molar-refractivity contribution in [3.8, 4) is 0 Å². The Kier molecular flexibility index (Phi) is 5.67. The summed E-state index contributed by atoms with van der Waals surface area (Å²) in [4.78, 5) is 8.57. The predicted molar refractivity (Wildman–Crippen MR) is 87.6 cm³/mol. The second kappa shape index (κ2) is 7.49. The Morgan fingerprint density at radius 2 is 2.19 bits per heavy atom. The van der Waals surface area contributed by atoms with Crippen LogP contribution in [0.4, 0.5) is 11.6 Å². The SMILES string of the molecule is C[C@H](CO)Nc1cc(N)nc(SCc2cccc(Cl)c2)n1. The lowest BCUT2D eigenvalue weighted by atomic mass is 10.2. The number of hydrogen-bond acceptors (Lipinski definition) is 6. The summed E-state index contributed by atoms with van der Waals surface area (Å²) in [5, 5.41) is 13.4. The first kappa shape index (κ1) is 15.9. The molecular formula is C14H17ClN4OS. The van der Waals surface area contributed by atoms with Crippen molar-refractivity contribution >= 4 is 35.0 Å². The highest BCUT2D eigenvalue weighted by molar-refractivity contribution is 7.98. The number of nitrogens with zero attached hydrogens (tertiary/aromatic N) is 2. The van der Waals surface area contributed by atoms with Crippen LogP contribution in [0.5, 0.6) is 0 Å². The number of aromatic nitrogens is 2. The summed E-state index contributed by atoms with van der Waals surface area (Å²) < 4.78 is 0. The molecule has 1 atom stereocenters. The Morgan fingerprint density at radius 1 is 1.38 bits per heavy atom. The molecule has 112 valence electrons. The van der Waals surface area contributed by atoms with Crippen LogP contribution in [0.1, 0.15) is 12.5 Å². The molecule has 0 radical (unpaired) electrons. The topological polar surface area (TPSA) is 84.1 Å². The van der Waals surface area contributed by atoms with E-state index in [2.05, 4.69) is 15.3 Å². The fraction of sp³-hybridized carbons (Fsp3) is 0.286. The van der Waals surface area contributed by atoms with Crippen molar-refractivity contribution in [1.82, 2.24) is 9.97 Å². The molecule has 0 bridgehead atoms. The van der Waals surface area contributed by atoms with Gasteiger partial charge in [-0.2, -0.15) is 0 Å². The molecule has 21 heavy (non-hydrogen) atoms. The van der Waals surface area contributed by atoms with Crippen molar-refractivity contribution in [2.45, 2.75) is 23.9 Å². The van der Waals surface area contributed by atoms with E-state index in [1.807, 2.05) is 31.2 Å². The second-order valence-corrected chi connectivity index (χ2v) is 5.99. The van der Waals surface area contributed by atoms with Crippen LogP contribution in [-0.2, 0) is 5.75 Å². The number of benzene rings is 1. The zero-order valence-electron chi connectivity index (χ0n) is 11.6. The number of nitrogen functional groups attached to an aromatic ring is 1. The predicted octanol–water partition coefficient (Wildman–Crippen LogP) is 2.80. The molecule has 0 aliphatic carbocycles. The molecular weight excluding hydrogens is 308 g/mol. The Balaban J connectivity index is 2.06. The average Bonchev–Trinajstić information content (AvgIpc) is 2.44. The number of thioether (sulfide) groups is 1. The van der Waals surface area contributed by atoms with E-state index in [1.54, 1.807) is 6.07 Å². The van der Waals surface area contributed by atoms with Gasteiger partial charge in [-0.25, -0.2) is 9.97 Å². The van der Waals surface area contributed by atoms with Gasteiger partial charge in [0.05, 0.1) is 6.61 Å². The van der Waals surface area contributed by atoms with Crippen molar-refractivity contribution in [3.05, 3.63) is 40.9 Å². The third kappa shape index (κ3) is 5.08. The highest BCUT2D eigenvalue weighted by atomic mass is 35.5. The van der Waals surface area contributed by atoms with Crippen LogP contribution >= 0.6 is 23.4 Å². The van der Waals surface area contributed by atoms with Gasteiger partial charge in [-0.1, -0.05) is 35.5 Å². The van der Waals surface area contributed by atoms with Crippen LogP contribution in [0.2, 0.25) is 5.02 Å². The van der Waals surface area contributed by atoms with Crippen LogP contribution in [0.15, 0.2) is 35.5 Å². The molecule has 7 heteroatoms. The molecule has 4 N–H and O–H groups in total. The Labute approximate surface area is 132 Å². The van der Waals surface area contributed by atoms with Gasteiger partial charge in [0.25, 0.3) is 0 Å². The number of anilines is 2. The maximum absolute atomic E-state index is 9.06. The minimum absolute atomic E-state index is 0.0227. The van der Waals surface area contributed by atoms with Crippen molar-refractivity contribution in [3.63, 3.8) is 0 Å². The Morgan fingerprint density at radius 3 is 2.90 bits per heavy atom. The van der Waals surface area contributed by atoms with Crippen molar-refractivity contribution in [1.29, 1.82) is 0 Å². The number of hydrogen-bond donors (Lipinski definition) is 3. The van der Waals surface area contributed by atoms with E-state index in [0.29, 0.717) is 27.6 Å². The minimum atomic E-state index is -0.0925. The number of aliphatic hydroxyl groups is 1. The van der Waals surface area contributed by atoms with Crippen LogP contribution in [0, 0.1) is 0 Å². The van der Waals surface area contributed by atoms with Gasteiger partial charge in [-0.15, -0.1) is 0 Å². The molecule has 0 saturated heterocycles. The molecule has 5 nitrogen and oxygen atoms in total. The lowest BCUT2D eigenvalue weighted by molar-refractivity contribution is 0.281. The first-order chi connectivity index (χ1) is 10.1. The summed E-state index contributed by atoms with van der Waals surface area (Å²) in [7, 11) is 0. The van der Waals surface area contributed by atoms with Gasteiger partial charge in [-0.05, 0) is 24.6 Å². The van der Waals surface area contributed by atoms with Gasteiger partial charge < -0.3 is 16.2 Å². The summed E-state index contributed by atoms with van der Waals surface area (Å²) >= 11 is 7.44. The maximum atomic E-state index is 9.06. The molecule has 0 fully saturated rings. The molecule has 0 amide bonds. The molecule has 0 aliphatic heterocycles. The standard InChI is InChI=1S/C14H17ClN4OS/c1-9(7-20)17-13-6-12(16)18-14(19-13)21-8-10-3-2-4-11(15)5-10/h2-6,9,20H,7-8H2,1H3,(H3,16,17,18,19)/t9-/m1/s1.